The van der Waals surface area contributed by atoms with E-state index in [0.717, 1.165) is 41.3 Å². The zero-order valence-corrected chi connectivity index (χ0v) is 20.7. The first-order valence-electron chi connectivity index (χ1n) is 12.4. The summed E-state index contributed by atoms with van der Waals surface area (Å²) in [6.45, 7) is 4.45. The van der Waals surface area contributed by atoms with Crippen molar-refractivity contribution in [1.82, 2.24) is 9.88 Å². The van der Waals surface area contributed by atoms with E-state index in [4.69, 9.17) is 9.15 Å². The van der Waals surface area contributed by atoms with Crippen LogP contribution in [0.25, 0.3) is 11.0 Å². The summed E-state index contributed by atoms with van der Waals surface area (Å²) in [6, 6.07) is 17.6. The standard InChI is InChI=1S/C30H30N2O4/c1-20-24-13-14-27(21(2)29(24)36-30(34)25(20)17-22-9-4-3-5-10-22)35-19-28(33)32-16-7-6-12-26(32)23-11-8-15-31-18-23/h3-5,8-11,13-15,18,26H,6-7,12,16-17,19H2,1-2H3/t26-/m0/s1. The molecule has 2 aromatic heterocycles. The van der Waals surface area contributed by atoms with Crippen LogP contribution < -0.4 is 10.4 Å². The number of pyridine rings is 1. The predicted octanol–water partition coefficient (Wildman–Crippen LogP) is 5.53. The number of ether oxygens (including phenoxy) is 1. The molecule has 0 unspecified atom stereocenters. The van der Waals surface area contributed by atoms with Crippen molar-refractivity contribution in [2.75, 3.05) is 13.2 Å². The highest BCUT2D eigenvalue weighted by molar-refractivity contribution is 5.86. The van der Waals surface area contributed by atoms with Crippen LogP contribution in [0.5, 0.6) is 5.75 Å². The topological polar surface area (TPSA) is 72.6 Å². The first-order chi connectivity index (χ1) is 17.5. The van der Waals surface area contributed by atoms with Gasteiger partial charge in [-0.25, -0.2) is 4.79 Å². The average Bonchev–Trinajstić information content (AvgIpc) is 2.92. The van der Waals surface area contributed by atoms with E-state index in [1.54, 1.807) is 6.20 Å². The van der Waals surface area contributed by atoms with Crippen molar-refractivity contribution >= 4 is 16.9 Å². The Morgan fingerprint density at radius 2 is 1.89 bits per heavy atom. The van der Waals surface area contributed by atoms with Gasteiger partial charge in [0.05, 0.1) is 6.04 Å². The fraction of sp³-hybridized carbons (Fsp3) is 0.300. The molecule has 0 radical (unpaired) electrons. The van der Waals surface area contributed by atoms with Crippen LogP contribution in [0.3, 0.4) is 0 Å². The van der Waals surface area contributed by atoms with Crippen LogP contribution in [0, 0.1) is 13.8 Å². The second-order valence-corrected chi connectivity index (χ2v) is 9.39. The molecular weight excluding hydrogens is 452 g/mol. The molecule has 6 nitrogen and oxygen atoms in total. The molecule has 36 heavy (non-hydrogen) atoms. The van der Waals surface area contributed by atoms with E-state index >= 15 is 0 Å². The van der Waals surface area contributed by atoms with E-state index < -0.39 is 0 Å². The van der Waals surface area contributed by atoms with Crippen molar-refractivity contribution in [3.8, 4) is 5.75 Å². The van der Waals surface area contributed by atoms with Crippen molar-refractivity contribution in [2.45, 2.75) is 45.6 Å². The summed E-state index contributed by atoms with van der Waals surface area (Å²) < 4.78 is 11.8. The maximum atomic E-state index is 13.2. The third-order valence-electron chi connectivity index (χ3n) is 7.12. The van der Waals surface area contributed by atoms with Gasteiger partial charge in [0.25, 0.3) is 5.91 Å². The summed E-state index contributed by atoms with van der Waals surface area (Å²) in [6.07, 6.45) is 7.08. The van der Waals surface area contributed by atoms with Gasteiger partial charge in [-0.3, -0.25) is 9.78 Å². The summed E-state index contributed by atoms with van der Waals surface area (Å²) in [5, 5.41) is 0.879. The molecule has 1 atom stereocenters. The van der Waals surface area contributed by atoms with Crippen molar-refractivity contribution in [1.29, 1.82) is 0 Å². The molecular formula is C30H30N2O4. The smallest absolute Gasteiger partial charge is 0.340 e. The van der Waals surface area contributed by atoms with Gasteiger partial charge in [0.15, 0.2) is 6.61 Å². The largest absolute Gasteiger partial charge is 0.483 e. The number of piperidine rings is 1. The number of aryl methyl sites for hydroxylation is 2. The molecule has 0 saturated carbocycles. The van der Waals surface area contributed by atoms with Crippen molar-refractivity contribution in [3.05, 3.63) is 105 Å². The Bertz CT molecular complexity index is 1430. The van der Waals surface area contributed by atoms with Crippen LogP contribution in [-0.2, 0) is 11.2 Å². The van der Waals surface area contributed by atoms with Gasteiger partial charge >= 0.3 is 5.63 Å². The van der Waals surface area contributed by atoms with Crippen LogP contribution in [-0.4, -0.2) is 28.9 Å². The number of hydrogen-bond acceptors (Lipinski definition) is 5. The highest BCUT2D eigenvalue weighted by atomic mass is 16.5. The van der Waals surface area contributed by atoms with Gasteiger partial charge in [-0.1, -0.05) is 36.4 Å². The lowest BCUT2D eigenvalue weighted by Crippen LogP contribution is -2.41. The Balaban J connectivity index is 1.36. The van der Waals surface area contributed by atoms with Crippen LogP contribution in [0.1, 0.15) is 53.1 Å². The molecule has 4 aromatic rings. The molecule has 1 amide bonds. The second-order valence-electron chi connectivity index (χ2n) is 9.39. The van der Waals surface area contributed by atoms with Crippen LogP contribution in [0.4, 0.5) is 0 Å². The molecule has 1 aliphatic heterocycles. The lowest BCUT2D eigenvalue weighted by molar-refractivity contribution is -0.137. The Hall–Kier alpha value is -3.93. The molecule has 1 fully saturated rings. The summed E-state index contributed by atoms with van der Waals surface area (Å²) in [5.74, 6) is 0.489. The molecule has 5 rings (SSSR count). The highest BCUT2D eigenvalue weighted by Gasteiger charge is 2.28. The van der Waals surface area contributed by atoms with Crippen LogP contribution in [0.2, 0.25) is 0 Å². The first kappa shape index (κ1) is 23.8. The van der Waals surface area contributed by atoms with Crippen LogP contribution in [0.15, 0.2) is 76.2 Å². The summed E-state index contributed by atoms with van der Waals surface area (Å²) in [4.78, 5) is 32.2. The first-order valence-corrected chi connectivity index (χ1v) is 12.4. The number of nitrogens with zero attached hydrogens (tertiary/aromatic N) is 2. The highest BCUT2D eigenvalue weighted by Crippen LogP contribution is 2.32. The normalized spacial score (nSPS) is 15.7. The van der Waals surface area contributed by atoms with E-state index in [-0.39, 0.29) is 24.2 Å². The summed E-state index contributed by atoms with van der Waals surface area (Å²) >= 11 is 0. The SMILES string of the molecule is Cc1c(Cc2ccccc2)c(=O)oc2c(C)c(OCC(=O)N3CCCC[C@H]3c3cccnc3)ccc12. The van der Waals surface area contributed by atoms with Gasteiger partial charge in [-0.15, -0.1) is 0 Å². The van der Waals surface area contributed by atoms with Crippen molar-refractivity contribution in [3.63, 3.8) is 0 Å². The van der Waals surface area contributed by atoms with E-state index in [1.807, 2.05) is 79.5 Å². The number of amides is 1. The van der Waals surface area contributed by atoms with E-state index in [2.05, 4.69) is 4.98 Å². The zero-order valence-electron chi connectivity index (χ0n) is 20.7. The molecule has 3 heterocycles. The number of benzene rings is 2. The lowest BCUT2D eigenvalue weighted by atomic mass is 9.96. The molecule has 0 spiro atoms. The lowest BCUT2D eigenvalue weighted by Gasteiger charge is -2.35. The molecule has 1 aliphatic rings. The number of carbonyl (C=O) groups excluding carboxylic acids is 1. The van der Waals surface area contributed by atoms with Crippen LogP contribution >= 0.6 is 0 Å². The van der Waals surface area contributed by atoms with Crippen molar-refractivity contribution in [2.24, 2.45) is 0 Å². The molecule has 2 aromatic carbocycles. The average molecular weight is 483 g/mol. The van der Waals surface area contributed by atoms with Gasteiger partial charge in [-0.05, 0) is 68.0 Å². The molecule has 1 saturated heterocycles. The quantitative estimate of drug-likeness (QED) is 0.338. The molecule has 0 N–H and O–H groups in total. The number of aromatic nitrogens is 1. The molecule has 0 aliphatic carbocycles. The fourth-order valence-corrected chi connectivity index (χ4v) is 5.10. The summed E-state index contributed by atoms with van der Waals surface area (Å²) in [5.41, 5.74) is 4.56. The number of hydrogen-bond donors (Lipinski definition) is 0. The Morgan fingerprint density at radius 1 is 1.06 bits per heavy atom. The Labute approximate surface area is 210 Å². The van der Waals surface area contributed by atoms with E-state index in [0.29, 0.717) is 35.4 Å². The number of fused-ring (bicyclic) bond motifs is 1. The number of carbonyl (C=O) groups is 1. The monoisotopic (exact) mass is 482 g/mol. The minimum Gasteiger partial charge on any atom is -0.483 e. The summed E-state index contributed by atoms with van der Waals surface area (Å²) in [7, 11) is 0. The van der Waals surface area contributed by atoms with E-state index in [9.17, 15) is 9.59 Å². The third-order valence-corrected chi connectivity index (χ3v) is 7.12. The number of rotatable bonds is 6. The van der Waals surface area contributed by atoms with Crippen molar-refractivity contribution < 1.29 is 13.9 Å². The minimum atomic E-state index is -0.340. The molecule has 0 bridgehead atoms. The predicted molar refractivity (Wildman–Crippen MR) is 139 cm³/mol. The van der Waals surface area contributed by atoms with Gasteiger partial charge in [-0.2, -0.15) is 0 Å². The third kappa shape index (κ3) is 4.76. The second kappa shape index (κ2) is 10.4. The fourth-order valence-electron chi connectivity index (χ4n) is 5.10. The maximum absolute atomic E-state index is 13.2. The van der Waals surface area contributed by atoms with E-state index in [1.165, 1.54) is 0 Å². The van der Waals surface area contributed by atoms with Gasteiger partial charge in [0.2, 0.25) is 0 Å². The van der Waals surface area contributed by atoms with Gasteiger partial charge in [0.1, 0.15) is 11.3 Å². The number of likely N-dealkylation sites (tertiary alicyclic amines) is 1. The van der Waals surface area contributed by atoms with Gasteiger partial charge in [0, 0.05) is 41.9 Å². The minimum absolute atomic E-state index is 0.0185. The maximum Gasteiger partial charge on any atom is 0.340 e. The Morgan fingerprint density at radius 3 is 2.67 bits per heavy atom. The molecule has 184 valence electrons. The molecule has 6 heteroatoms. The Kier molecular flexibility index (Phi) is 6.85. The van der Waals surface area contributed by atoms with Gasteiger partial charge < -0.3 is 14.1 Å². The zero-order chi connectivity index (χ0) is 25.1.